The Morgan fingerprint density at radius 2 is 1.80 bits per heavy atom. The smallest absolute Gasteiger partial charge is 0.0556 e. The molecule has 0 aliphatic heterocycles. The van der Waals surface area contributed by atoms with Gasteiger partial charge in [0.05, 0.1) is 6.10 Å². The van der Waals surface area contributed by atoms with Crippen LogP contribution in [0.15, 0.2) is 0 Å². The summed E-state index contributed by atoms with van der Waals surface area (Å²) in [5.41, 5.74) is 17.6. The average Bonchev–Trinajstić information content (AvgIpc) is 2.11. The molecule has 3 atom stereocenters. The van der Waals surface area contributed by atoms with Gasteiger partial charge in [0.1, 0.15) is 0 Å². The Morgan fingerprint density at radius 3 is 2.27 bits per heavy atom. The van der Waals surface area contributed by atoms with Crippen LogP contribution >= 0.6 is 0 Å². The maximum atomic E-state index is 9.71. The summed E-state index contributed by atoms with van der Waals surface area (Å²) in [4.78, 5) is 0. The Kier molecular flexibility index (Phi) is 4.99. The first kappa shape index (κ1) is 12.9. The van der Waals surface area contributed by atoms with Gasteiger partial charge in [-0.15, -0.1) is 0 Å². The van der Waals surface area contributed by atoms with Gasteiger partial charge >= 0.3 is 0 Å². The molecule has 0 aromatic heterocycles. The van der Waals surface area contributed by atoms with Crippen LogP contribution in [0.5, 0.6) is 0 Å². The lowest BCUT2D eigenvalue weighted by Crippen LogP contribution is -2.49. The standard InChI is InChI=1S/C11H25N3O/c1-7-4-10(13)9(11(14)5-7)6-8(15)2-3-12/h7-11,15H,2-6,12-14H2,1H3. The first-order valence-corrected chi connectivity index (χ1v) is 5.93. The lowest BCUT2D eigenvalue weighted by molar-refractivity contribution is 0.0987. The van der Waals surface area contributed by atoms with Crippen LogP contribution in [0, 0.1) is 11.8 Å². The highest BCUT2D eigenvalue weighted by Gasteiger charge is 2.33. The lowest BCUT2D eigenvalue weighted by Gasteiger charge is -2.38. The average molecular weight is 215 g/mol. The zero-order valence-corrected chi connectivity index (χ0v) is 9.60. The van der Waals surface area contributed by atoms with Crippen LogP contribution in [0.25, 0.3) is 0 Å². The van der Waals surface area contributed by atoms with Gasteiger partial charge in [-0.2, -0.15) is 0 Å². The fourth-order valence-corrected chi connectivity index (χ4v) is 2.67. The number of aliphatic hydroxyl groups excluding tert-OH is 1. The summed E-state index contributed by atoms with van der Waals surface area (Å²) in [6.07, 6.45) is 3.05. The van der Waals surface area contributed by atoms with Crippen LogP contribution in [-0.2, 0) is 0 Å². The Labute approximate surface area is 92.2 Å². The molecule has 0 spiro atoms. The predicted octanol–water partition coefficient (Wildman–Crippen LogP) is -0.213. The summed E-state index contributed by atoms with van der Waals surface area (Å²) < 4.78 is 0. The number of nitrogens with two attached hydrogens (primary N) is 3. The van der Waals surface area contributed by atoms with Crippen molar-refractivity contribution in [1.82, 2.24) is 0 Å². The predicted molar refractivity (Wildman–Crippen MR) is 62.1 cm³/mol. The minimum Gasteiger partial charge on any atom is -0.393 e. The largest absolute Gasteiger partial charge is 0.393 e. The second-order valence-corrected chi connectivity index (χ2v) is 5.04. The SMILES string of the molecule is CC1CC(N)C(CC(O)CCN)C(N)C1. The van der Waals surface area contributed by atoms with Crippen LogP contribution in [0.3, 0.4) is 0 Å². The maximum Gasteiger partial charge on any atom is 0.0556 e. The molecule has 0 radical (unpaired) electrons. The van der Waals surface area contributed by atoms with Gasteiger partial charge in [-0.25, -0.2) is 0 Å². The van der Waals surface area contributed by atoms with Gasteiger partial charge in [-0.1, -0.05) is 6.92 Å². The zero-order valence-electron chi connectivity index (χ0n) is 9.60. The van der Waals surface area contributed by atoms with Crippen molar-refractivity contribution in [2.75, 3.05) is 6.54 Å². The Balaban J connectivity index is 2.45. The van der Waals surface area contributed by atoms with E-state index in [4.69, 9.17) is 17.2 Å². The summed E-state index contributed by atoms with van der Waals surface area (Å²) in [7, 11) is 0. The molecule has 1 aliphatic carbocycles. The van der Waals surface area contributed by atoms with Gasteiger partial charge in [-0.05, 0) is 44.1 Å². The monoisotopic (exact) mass is 215 g/mol. The molecule has 0 aromatic rings. The molecule has 1 aliphatic rings. The molecule has 0 amide bonds. The molecule has 0 aromatic carbocycles. The van der Waals surface area contributed by atoms with Crippen molar-refractivity contribution in [1.29, 1.82) is 0 Å². The topological polar surface area (TPSA) is 98.3 Å². The highest BCUT2D eigenvalue weighted by Crippen LogP contribution is 2.30. The molecule has 7 N–H and O–H groups in total. The molecule has 1 fully saturated rings. The van der Waals surface area contributed by atoms with E-state index >= 15 is 0 Å². The van der Waals surface area contributed by atoms with E-state index < -0.39 is 0 Å². The molecular formula is C11H25N3O. The summed E-state index contributed by atoms with van der Waals surface area (Å²) in [6, 6.07) is 0.271. The van der Waals surface area contributed by atoms with E-state index in [0.717, 1.165) is 12.8 Å². The van der Waals surface area contributed by atoms with Crippen molar-refractivity contribution < 1.29 is 5.11 Å². The van der Waals surface area contributed by atoms with Crippen molar-refractivity contribution in [3.8, 4) is 0 Å². The van der Waals surface area contributed by atoms with Gasteiger partial charge in [0.2, 0.25) is 0 Å². The first-order valence-electron chi connectivity index (χ1n) is 5.93. The molecule has 15 heavy (non-hydrogen) atoms. The van der Waals surface area contributed by atoms with E-state index in [9.17, 15) is 5.11 Å². The third kappa shape index (κ3) is 3.72. The zero-order chi connectivity index (χ0) is 11.4. The van der Waals surface area contributed by atoms with E-state index in [0.29, 0.717) is 25.3 Å². The Hall–Kier alpha value is -0.160. The van der Waals surface area contributed by atoms with Crippen LogP contribution in [-0.4, -0.2) is 29.8 Å². The Bertz CT molecular complexity index is 177. The molecule has 3 unspecified atom stereocenters. The van der Waals surface area contributed by atoms with E-state index in [1.807, 2.05) is 0 Å². The molecule has 0 bridgehead atoms. The second-order valence-electron chi connectivity index (χ2n) is 5.04. The highest BCUT2D eigenvalue weighted by molar-refractivity contribution is 4.90. The van der Waals surface area contributed by atoms with Gasteiger partial charge in [0, 0.05) is 12.1 Å². The van der Waals surface area contributed by atoms with E-state index in [-0.39, 0.29) is 24.1 Å². The molecule has 4 nitrogen and oxygen atoms in total. The number of rotatable bonds is 4. The van der Waals surface area contributed by atoms with Crippen molar-refractivity contribution in [3.63, 3.8) is 0 Å². The van der Waals surface area contributed by atoms with Crippen molar-refractivity contribution in [2.24, 2.45) is 29.0 Å². The number of aliphatic hydroxyl groups is 1. The fraction of sp³-hybridized carbons (Fsp3) is 1.00. The first-order chi connectivity index (χ1) is 7.04. The number of hydrogen-bond donors (Lipinski definition) is 4. The molecule has 0 heterocycles. The van der Waals surface area contributed by atoms with Crippen LogP contribution in [0.4, 0.5) is 0 Å². The van der Waals surface area contributed by atoms with E-state index in [1.54, 1.807) is 0 Å². The van der Waals surface area contributed by atoms with E-state index in [1.165, 1.54) is 0 Å². The van der Waals surface area contributed by atoms with Gasteiger partial charge in [0.25, 0.3) is 0 Å². The van der Waals surface area contributed by atoms with Crippen molar-refractivity contribution in [3.05, 3.63) is 0 Å². The van der Waals surface area contributed by atoms with Crippen LogP contribution in [0.2, 0.25) is 0 Å². The molecule has 1 rings (SSSR count). The van der Waals surface area contributed by atoms with Gasteiger partial charge in [-0.3, -0.25) is 0 Å². The summed E-state index contributed by atoms with van der Waals surface area (Å²) in [5.74, 6) is 0.862. The van der Waals surface area contributed by atoms with Crippen LogP contribution in [0.1, 0.15) is 32.6 Å². The van der Waals surface area contributed by atoms with E-state index in [2.05, 4.69) is 6.92 Å². The molecule has 90 valence electrons. The highest BCUT2D eigenvalue weighted by atomic mass is 16.3. The molecular weight excluding hydrogens is 190 g/mol. The third-order valence-corrected chi connectivity index (χ3v) is 3.49. The van der Waals surface area contributed by atoms with Crippen molar-refractivity contribution in [2.45, 2.75) is 50.8 Å². The maximum absolute atomic E-state index is 9.71. The third-order valence-electron chi connectivity index (χ3n) is 3.49. The molecule has 1 saturated carbocycles. The fourth-order valence-electron chi connectivity index (χ4n) is 2.67. The molecule has 4 heteroatoms. The summed E-state index contributed by atoms with van der Waals surface area (Å²) >= 11 is 0. The second kappa shape index (κ2) is 5.80. The number of hydrogen-bond acceptors (Lipinski definition) is 4. The quantitative estimate of drug-likeness (QED) is 0.521. The van der Waals surface area contributed by atoms with Crippen molar-refractivity contribution >= 4 is 0 Å². The minimum absolute atomic E-state index is 0.135. The molecule has 0 saturated heterocycles. The summed E-state index contributed by atoms with van der Waals surface area (Å²) in [5, 5.41) is 9.71. The lowest BCUT2D eigenvalue weighted by atomic mass is 9.74. The van der Waals surface area contributed by atoms with Gasteiger partial charge < -0.3 is 22.3 Å². The minimum atomic E-state index is -0.342. The Morgan fingerprint density at radius 1 is 1.27 bits per heavy atom. The normalized spacial score (nSPS) is 39.0. The van der Waals surface area contributed by atoms with Crippen LogP contribution < -0.4 is 17.2 Å². The summed E-state index contributed by atoms with van der Waals surface area (Å²) in [6.45, 7) is 2.71. The van der Waals surface area contributed by atoms with Gasteiger partial charge in [0.15, 0.2) is 0 Å².